The number of nitrogens with zero attached hydrogens (tertiary/aromatic N) is 2. The molecule has 1 aromatic heterocycles. The van der Waals surface area contributed by atoms with Crippen LogP contribution in [0.3, 0.4) is 0 Å². The summed E-state index contributed by atoms with van der Waals surface area (Å²) in [6.07, 6.45) is 2.80. The Labute approximate surface area is 107 Å². The molecule has 1 aromatic rings. The van der Waals surface area contributed by atoms with E-state index in [1.165, 1.54) is 0 Å². The zero-order valence-corrected chi connectivity index (χ0v) is 10.6. The quantitative estimate of drug-likeness (QED) is 0.416. The second kappa shape index (κ2) is 9.59. The summed E-state index contributed by atoms with van der Waals surface area (Å²) in [6, 6.07) is 0. The van der Waals surface area contributed by atoms with Crippen LogP contribution in [-0.4, -0.2) is 52.9 Å². The lowest BCUT2D eigenvalue weighted by Gasteiger charge is -2.06. The highest BCUT2D eigenvalue weighted by atomic mass is 16.5. The van der Waals surface area contributed by atoms with Crippen molar-refractivity contribution in [3.63, 3.8) is 0 Å². The molecule has 0 fully saturated rings. The average Bonchev–Trinajstić information content (AvgIpc) is 2.86. The Hall–Kier alpha value is -1.42. The SMILES string of the molecule is CC#CC(O)CNCCCOCCc1cn[nH]n1. The van der Waals surface area contributed by atoms with Crippen molar-refractivity contribution in [2.24, 2.45) is 0 Å². The molecule has 0 aromatic carbocycles. The monoisotopic (exact) mass is 252 g/mol. The van der Waals surface area contributed by atoms with Gasteiger partial charge in [-0.05, 0) is 19.9 Å². The summed E-state index contributed by atoms with van der Waals surface area (Å²) in [5.74, 6) is 5.34. The first-order chi connectivity index (χ1) is 8.83. The van der Waals surface area contributed by atoms with Crippen molar-refractivity contribution < 1.29 is 9.84 Å². The van der Waals surface area contributed by atoms with Crippen molar-refractivity contribution >= 4 is 0 Å². The molecular formula is C12H20N4O2. The molecule has 1 rings (SSSR count). The molecule has 6 nitrogen and oxygen atoms in total. The highest BCUT2D eigenvalue weighted by Gasteiger charge is 1.98. The highest BCUT2D eigenvalue weighted by molar-refractivity contribution is 5.02. The number of aliphatic hydroxyl groups excluding tert-OH is 1. The zero-order chi connectivity index (χ0) is 13.1. The van der Waals surface area contributed by atoms with E-state index >= 15 is 0 Å². The van der Waals surface area contributed by atoms with E-state index < -0.39 is 6.10 Å². The number of H-pyrrole nitrogens is 1. The number of ether oxygens (including phenoxy) is 1. The molecule has 0 saturated carbocycles. The summed E-state index contributed by atoms with van der Waals surface area (Å²) in [5.41, 5.74) is 0.911. The van der Waals surface area contributed by atoms with Crippen LogP contribution in [-0.2, 0) is 11.2 Å². The van der Waals surface area contributed by atoms with Crippen molar-refractivity contribution in [1.82, 2.24) is 20.7 Å². The first kappa shape index (κ1) is 14.6. The Morgan fingerprint density at radius 1 is 1.56 bits per heavy atom. The molecule has 3 N–H and O–H groups in total. The largest absolute Gasteiger partial charge is 0.381 e. The van der Waals surface area contributed by atoms with E-state index in [2.05, 4.69) is 32.6 Å². The molecule has 100 valence electrons. The second-order valence-corrected chi connectivity index (χ2v) is 3.79. The number of aromatic nitrogens is 3. The third-order valence-electron chi connectivity index (χ3n) is 2.26. The molecule has 0 radical (unpaired) electrons. The molecule has 0 amide bonds. The van der Waals surface area contributed by atoms with Crippen LogP contribution in [0.4, 0.5) is 0 Å². The maximum absolute atomic E-state index is 9.31. The number of nitrogens with one attached hydrogen (secondary N) is 2. The van der Waals surface area contributed by atoms with Gasteiger partial charge in [-0.1, -0.05) is 5.92 Å². The molecule has 0 spiro atoms. The summed E-state index contributed by atoms with van der Waals surface area (Å²) in [5, 5.41) is 22.6. The Balaban J connectivity index is 1.85. The van der Waals surface area contributed by atoms with Crippen molar-refractivity contribution in [2.75, 3.05) is 26.3 Å². The standard InChI is InChI=1S/C12H20N4O2/c1-2-4-12(17)10-13-6-3-7-18-8-5-11-9-14-16-15-11/h9,12-13,17H,3,5-8,10H2,1H3,(H,14,15,16). The Morgan fingerprint density at radius 3 is 3.17 bits per heavy atom. The van der Waals surface area contributed by atoms with Gasteiger partial charge in [0.2, 0.25) is 0 Å². The summed E-state index contributed by atoms with van der Waals surface area (Å²) < 4.78 is 5.45. The van der Waals surface area contributed by atoms with Crippen molar-refractivity contribution in [3.8, 4) is 11.8 Å². The minimum atomic E-state index is -0.580. The van der Waals surface area contributed by atoms with Crippen LogP contribution in [0.5, 0.6) is 0 Å². The average molecular weight is 252 g/mol. The van der Waals surface area contributed by atoms with Crippen LogP contribution in [0.2, 0.25) is 0 Å². The number of hydrogen-bond acceptors (Lipinski definition) is 5. The molecule has 18 heavy (non-hydrogen) atoms. The van der Waals surface area contributed by atoms with Crippen molar-refractivity contribution in [2.45, 2.75) is 25.9 Å². The van der Waals surface area contributed by atoms with Gasteiger partial charge < -0.3 is 15.2 Å². The van der Waals surface area contributed by atoms with Crippen LogP contribution < -0.4 is 5.32 Å². The Bertz CT molecular complexity index is 356. The van der Waals surface area contributed by atoms with Gasteiger partial charge in [0, 0.05) is 19.6 Å². The predicted molar refractivity (Wildman–Crippen MR) is 67.8 cm³/mol. The van der Waals surface area contributed by atoms with Crippen LogP contribution in [0, 0.1) is 11.8 Å². The lowest BCUT2D eigenvalue weighted by atomic mass is 10.3. The van der Waals surface area contributed by atoms with E-state index in [0.717, 1.165) is 25.1 Å². The number of hydrogen-bond donors (Lipinski definition) is 3. The molecular weight excluding hydrogens is 232 g/mol. The summed E-state index contributed by atoms with van der Waals surface area (Å²) in [4.78, 5) is 0. The molecule has 1 atom stereocenters. The summed E-state index contributed by atoms with van der Waals surface area (Å²) >= 11 is 0. The summed E-state index contributed by atoms with van der Waals surface area (Å²) in [7, 11) is 0. The minimum absolute atomic E-state index is 0.500. The van der Waals surface area contributed by atoms with Gasteiger partial charge in [-0.15, -0.1) is 5.92 Å². The molecule has 0 aliphatic carbocycles. The first-order valence-electron chi connectivity index (χ1n) is 6.06. The number of rotatable bonds is 9. The van der Waals surface area contributed by atoms with Crippen LogP contribution in [0.25, 0.3) is 0 Å². The molecule has 0 saturated heterocycles. The maximum Gasteiger partial charge on any atom is 0.127 e. The first-order valence-corrected chi connectivity index (χ1v) is 6.06. The second-order valence-electron chi connectivity index (χ2n) is 3.79. The Morgan fingerprint density at radius 2 is 2.44 bits per heavy atom. The third-order valence-corrected chi connectivity index (χ3v) is 2.26. The fraction of sp³-hybridized carbons (Fsp3) is 0.667. The molecule has 1 unspecified atom stereocenters. The lowest BCUT2D eigenvalue weighted by molar-refractivity contribution is 0.133. The maximum atomic E-state index is 9.31. The number of aromatic amines is 1. The normalized spacial score (nSPS) is 11.9. The van der Waals surface area contributed by atoms with Gasteiger partial charge in [0.1, 0.15) is 6.10 Å². The van der Waals surface area contributed by atoms with E-state index in [0.29, 0.717) is 19.8 Å². The van der Waals surface area contributed by atoms with Gasteiger partial charge >= 0.3 is 0 Å². The van der Waals surface area contributed by atoms with Gasteiger partial charge in [0.25, 0.3) is 0 Å². The summed E-state index contributed by atoms with van der Waals surface area (Å²) in [6.45, 7) is 4.37. The minimum Gasteiger partial charge on any atom is -0.381 e. The van der Waals surface area contributed by atoms with E-state index in [9.17, 15) is 5.11 Å². The molecule has 6 heteroatoms. The van der Waals surface area contributed by atoms with E-state index in [1.54, 1.807) is 13.1 Å². The highest BCUT2D eigenvalue weighted by Crippen LogP contribution is 1.91. The zero-order valence-electron chi connectivity index (χ0n) is 10.6. The van der Waals surface area contributed by atoms with Gasteiger partial charge in [0.05, 0.1) is 18.5 Å². The predicted octanol–water partition coefficient (Wildman–Crippen LogP) is -0.272. The molecule has 1 heterocycles. The molecule has 0 aliphatic rings. The van der Waals surface area contributed by atoms with Gasteiger partial charge in [-0.3, -0.25) is 0 Å². The fourth-order valence-electron chi connectivity index (χ4n) is 1.38. The number of aliphatic hydroxyl groups is 1. The smallest absolute Gasteiger partial charge is 0.127 e. The van der Waals surface area contributed by atoms with Gasteiger partial charge in [-0.2, -0.15) is 15.4 Å². The van der Waals surface area contributed by atoms with E-state index in [4.69, 9.17) is 4.74 Å². The van der Waals surface area contributed by atoms with E-state index in [1.807, 2.05) is 0 Å². The van der Waals surface area contributed by atoms with Gasteiger partial charge in [0.15, 0.2) is 0 Å². The van der Waals surface area contributed by atoms with Crippen molar-refractivity contribution in [3.05, 3.63) is 11.9 Å². The van der Waals surface area contributed by atoms with Crippen LogP contribution in [0.1, 0.15) is 19.0 Å². The van der Waals surface area contributed by atoms with Gasteiger partial charge in [-0.25, -0.2) is 0 Å². The van der Waals surface area contributed by atoms with Crippen molar-refractivity contribution in [1.29, 1.82) is 0 Å². The molecule has 0 aliphatic heterocycles. The third kappa shape index (κ3) is 7.01. The van der Waals surface area contributed by atoms with Crippen LogP contribution in [0.15, 0.2) is 6.20 Å². The van der Waals surface area contributed by atoms with Crippen LogP contribution >= 0.6 is 0 Å². The fourth-order valence-corrected chi connectivity index (χ4v) is 1.38. The topological polar surface area (TPSA) is 83.1 Å². The van der Waals surface area contributed by atoms with E-state index in [-0.39, 0.29) is 0 Å². The Kier molecular flexibility index (Phi) is 7.80. The lowest BCUT2D eigenvalue weighted by Crippen LogP contribution is -2.27. The molecule has 0 bridgehead atoms.